The second-order valence-corrected chi connectivity index (χ2v) is 4.14. The lowest BCUT2D eigenvalue weighted by Gasteiger charge is -2.07. The number of nitro benzene ring substituents is 1. The van der Waals surface area contributed by atoms with Gasteiger partial charge in [0.1, 0.15) is 5.69 Å². The fraction of sp³-hybridized carbons (Fsp3) is 0.154. The van der Waals surface area contributed by atoms with Gasteiger partial charge in [-0.1, -0.05) is 0 Å². The average Bonchev–Trinajstić information content (AvgIpc) is 2.52. The van der Waals surface area contributed by atoms with Crippen LogP contribution in [0.2, 0.25) is 0 Å². The third-order valence-electron chi connectivity index (χ3n) is 2.78. The Labute approximate surface area is 120 Å². The predicted molar refractivity (Wildman–Crippen MR) is 75.8 cm³/mol. The van der Waals surface area contributed by atoms with E-state index in [4.69, 9.17) is 0 Å². The van der Waals surface area contributed by atoms with E-state index in [0.29, 0.717) is 11.3 Å². The number of hydrogen-bond acceptors (Lipinski definition) is 6. The Kier molecular flexibility index (Phi) is 4.39. The summed E-state index contributed by atoms with van der Waals surface area (Å²) in [6, 6.07) is 7.60. The SMILES string of the molecule is CNc1cc(C(=O)NCc2cccnn2)ccc1[N+](=O)[O-]. The van der Waals surface area contributed by atoms with Crippen molar-refractivity contribution < 1.29 is 9.72 Å². The molecule has 0 bridgehead atoms. The summed E-state index contributed by atoms with van der Waals surface area (Å²) in [6.07, 6.45) is 1.54. The molecule has 21 heavy (non-hydrogen) atoms. The van der Waals surface area contributed by atoms with Crippen LogP contribution >= 0.6 is 0 Å². The zero-order valence-electron chi connectivity index (χ0n) is 11.2. The number of rotatable bonds is 5. The Morgan fingerprint density at radius 2 is 2.19 bits per heavy atom. The highest BCUT2D eigenvalue weighted by atomic mass is 16.6. The molecule has 0 atom stereocenters. The minimum atomic E-state index is -0.507. The zero-order chi connectivity index (χ0) is 15.2. The number of nitrogens with zero attached hydrogens (tertiary/aromatic N) is 3. The van der Waals surface area contributed by atoms with Crippen molar-refractivity contribution in [1.29, 1.82) is 0 Å². The molecule has 0 saturated carbocycles. The molecule has 2 aromatic rings. The Bertz CT molecular complexity index is 660. The van der Waals surface area contributed by atoms with E-state index in [2.05, 4.69) is 20.8 Å². The minimum Gasteiger partial charge on any atom is -0.383 e. The second kappa shape index (κ2) is 6.42. The second-order valence-electron chi connectivity index (χ2n) is 4.14. The number of carbonyl (C=O) groups is 1. The van der Waals surface area contributed by atoms with Crippen LogP contribution in [-0.4, -0.2) is 28.1 Å². The molecule has 1 amide bonds. The van der Waals surface area contributed by atoms with Crippen molar-refractivity contribution in [3.8, 4) is 0 Å². The van der Waals surface area contributed by atoms with Crippen LogP contribution in [0, 0.1) is 10.1 Å². The van der Waals surface area contributed by atoms with Gasteiger partial charge in [0.25, 0.3) is 11.6 Å². The molecule has 0 unspecified atom stereocenters. The Morgan fingerprint density at radius 3 is 2.81 bits per heavy atom. The molecule has 108 valence electrons. The summed E-state index contributed by atoms with van der Waals surface area (Å²) in [5, 5.41) is 23.8. The van der Waals surface area contributed by atoms with E-state index in [0.717, 1.165) is 0 Å². The average molecular weight is 287 g/mol. The zero-order valence-corrected chi connectivity index (χ0v) is 11.2. The number of benzene rings is 1. The third-order valence-corrected chi connectivity index (χ3v) is 2.78. The van der Waals surface area contributed by atoms with Crippen molar-refractivity contribution in [3.05, 3.63) is 57.9 Å². The Morgan fingerprint density at radius 1 is 1.38 bits per heavy atom. The van der Waals surface area contributed by atoms with E-state index >= 15 is 0 Å². The van der Waals surface area contributed by atoms with E-state index in [9.17, 15) is 14.9 Å². The number of aromatic nitrogens is 2. The molecule has 1 aromatic carbocycles. The van der Waals surface area contributed by atoms with Crippen LogP contribution in [0.1, 0.15) is 16.1 Å². The van der Waals surface area contributed by atoms with Crippen LogP contribution in [-0.2, 0) is 6.54 Å². The van der Waals surface area contributed by atoms with Crippen LogP contribution in [0.4, 0.5) is 11.4 Å². The van der Waals surface area contributed by atoms with E-state index in [-0.39, 0.29) is 23.8 Å². The smallest absolute Gasteiger partial charge is 0.292 e. The summed E-state index contributed by atoms with van der Waals surface area (Å²) < 4.78 is 0. The molecular formula is C13H13N5O3. The number of nitrogens with one attached hydrogen (secondary N) is 2. The van der Waals surface area contributed by atoms with Crippen LogP contribution in [0.5, 0.6) is 0 Å². The molecular weight excluding hydrogens is 274 g/mol. The lowest BCUT2D eigenvalue weighted by Crippen LogP contribution is -2.23. The largest absolute Gasteiger partial charge is 0.383 e. The molecule has 0 aliphatic rings. The van der Waals surface area contributed by atoms with Gasteiger partial charge in [0.2, 0.25) is 0 Å². The van der Waals surface area contributed by atoms with Crippen molar-refractivity contribution in [2.24, 2.45) is 0 Å². The lowest BCUT2D eigenvalue weighted by atomic mass is 10.1. The van der Waals surface area contributed by atoms with Gasteiger partial charge < -0.3 is 10.6 Å². The highest BCUT2D eigenvalue weighted by molar-refractivity contribution is 5.95. The molecule has 2 N–H and O–H groups in total. The third kappa shape index (κ3) is 3.50. The van der Waals surface area contributed by atoms with E-state index in [1.54, 1.807) is 25.4 Å². The molecule has 1 aromatic heterocycles. The van der Waals surface area contributed by atoms with Gasteiger partial charge in [0.05, 0.1) is 17.2 Å². The quantitative estimate of drug-likeness (QED) is 0.634. The maximum Gasteiger partial charge on any atom is 0.292 e. The first-order valence-corrected chi connectivity index (χ1v) is 6.13. The molecule has 0 aliphatic heterocycles. The highest BCUT2D eigenvalue weighted by Crippen LogP contribution is 2.24. The molecule has 1 heterocycles. The molecule has 0 aliphatic carbocycles. The van der Waals surface area contributed by atoms with Gasteiger partial charge in [-0.15, -0.1) is 0 Å². The fourth-order valence-corrected chi connectivity index (χ4v) is 1.74. The monoisotopic (exact) mass is 287 g/mol. The Balaban J connectivity index is 2.11. The van der Waals surface area contributed by atoms with E-state index < -0.39 is 4.92 Å². The normalized spacial score (nSPS) is 9.95. The van der Waals surface area contributed by atoms with Crippen molar-refractivity contribution in [2.75, 3.05) is 12.4 Å². The van der Waals surface area contributed by atoms with Gasteiger partial charge in [-0.25, -0.2) is 0 Å². The first-order valence-electron chi connectivity index (χ1n) is 6.13. The number of hydrogen-bond donors (Lipinski definition) is 2. The number of amides is 1. The molecule has 0 fully saturated rings. The molecule has 8 nitrogen and oxygen atoms in total. The summed E-state index contributed by atoms with van der Waals surface area (Å²) in [7, 11) is 1.56. The lowest BCUT2D eigenvalue weighted by molar-refractivity contribution is -0.383. The van der Waals surface area contributed by atoms with Crippen LogP contribution in [0.3, 0.4) is 0 Å². The van der Waals surface area contributed by atoms with Gasteiger partial charge in [-0.3, -0.25) is 14.9 Å². The predicted octanol–water partition coefficient (Wildman–Crippen LogP) is 1.36. The summed E-state index contributed by atoms with van der Waals surface area (Å²) >= 11 is 0. The minimum absolute atomic E-state index is 0.0806. The topological polar surface area (TPSA) is 110 Å². The van der Waals surface area contributed by atoms with Crippen LogP contribution < -0.4 is 10.6 Å². The Hall–Kier alpha value is -3.03. The molecule has 0 spiro atoms. The fourth-order valence-electron chi connectivity index (χ4n) is 1.74. The summed E-state index contributed by atoms with van der Waals surface area (Å²) in [6.45, 7) is 0.235. The summed E-state index contributed by atoms with van der Waals surface area (Å²) in [4.78, 5) is 22.3. The summed E-state index contributed by atoms with van der Waals surface area (Å²) in [5.74, 6) is -0.341. The highest BCUT2D eigenvalue weighted by Gasteiger charge is 2.15. The maximum absolute atomic E-state index is 12.0. The van der Waals surface area contributed by atoms with Crippen molar-refractivity contribution in [3.63, 3.8) is 0 Å². The number of carbonyl (C=O) groups excluding carboxylic acids is 1. The molecule has 8 heteroatoms. The van der Waals surface area contributed by atoms with Crippen molar-refractivity contribution in [2.45, 2.75) is 6.54 Å². The molecule has 0 saturated heterocycles. The van der Waals surface area contributed by atoms with Gasteiger partial charge in [0.15, 0.2) is 0 Å². The first kappa shape index (κ1) is 14.4. The van der Waals surface area contributed by atoms with E-state index in [1.165, 1.54) is 18.2 Å². The molecule has 0 radical (unpaired) electrons. The van der Waals surface area contributed by atoms with Crippen molar-refractivity contribution >= 4 is 17.3 Å². The van der Waals surface area contributed by atoms with Gasteiger partial charge >= 0.3 is 0 Å². The van der Waals surface area contributed by atoms with Crippen molar-refractivity contribution in [1.82, 2.24) is 15.5 Å². The number of anilines is 1. The van der Waals surface area contributed by atoms with Crippen LogP contribution in [0.15, 0.2) is 36.5 Å². The standard InChI is InChI=1S/C13H13N5O3/c1-14-11-7-9(4-5-12(11)18(20)21)13(19)15-8-10-3-2-6-16-17-10/h2-7,14H,8H2,1H3,(H,15,19). The van der Waals surface area contributed by atoms with Gasteiger partial charge in [-0.2, -0.15) is 10.2 Å². The first-order chi connectivity index (χ1) is 10.1. The summed E-state index contributed by atoms with van der Waals surface area (Å²) in [5.41, 5.74) is 1.16. The maximum atomic E-state index is 12.0. The van der Waals surface area contributed by atoms with Gasteiger partial charge in [-0.05, 0) is 24.3 Å². The molecule has 2 rings (SSSR count). The van der Waals surface area contributed by atoms with Gasteiger partial charge in [0, 0.05) is 24.9 Å². The number of nitro groups is 1. The van der Waals surface area contributed by atoms with E-state index in [1.807, 2.05) is 0 Å². The van der Waals surface area contributed by atoms with Crippen LogP contribution in [0.25, 0.3) is 0 Å².